The van der Waals surface area contributed by atoms with Gasteiger partial charge >= 0.3 is 0 Å². The lowest BCUT2D eigenvalue weighted by atomic mass is 9.88. The molecule has 0 radical (unpaired) electrons. The van der Waals surface area contributed by atoms with Crippen LogP contribution in [0.5, 0.6) is 0 Å². The number of hydrogen-bond donors (Lipinski definition) is 3. The number of carbonyl (C=O) groups excluding carboxylic acids is 1. The number of benzene rings is 1. The number of amidine groups is 1. The average molecular weight is 431 g/mol. The van der Waals surface area contributed by atoms with Crippen LogP contribution in [0.4, 0.5) is 0 Å². The van der Waals surface area contributed by atoms with Crippen molar-refractivity contribution in [3.63, 3.8) is 0 Å². The van der Waals surface area contributed by atoms with E-state index in [-0.39, 0.29) is 34.7 Å². The highest BCUT2D eigenvalue weighted by molar-refractivity contribution is 7.90. The van der Waals surface area contributed by atoms with Crippen molar-refractivity contribution < 1.29 is 13.2 Å². The van der Waals surface area contributed by atoms with Crippen LogP contribution in [0.1, 0.15) is 52.0 Å². The lowest BCUT2D eigenvalue weighted by molar-refractivity contribution is -0.123. The van der Waals surface area contributed by atoms with E-state index >= 15 is 0 Å². The van der Waals surface area contributed by atoms with Gasteiger partial charge in [0.05, 0.1) is 10.4 Å². The van der Waals surface area contributed by atoms with Crippen LogP contribution in [0.3, 0.4) is 0 Å². The van der Waals surface area contributed by atoms with E-state index in [1.807, 2.05) is 20.8 Å². The Labute approximate surface area is 174 Å². The van der Waals surface area contributed by atoms with E-state index in [4.69, 9.17) is 5.73 Å². The zero-order valence-corrected chi connectivity index (χ0v) is 18.3. The van der Waals surface area contributed by atoms with Crippen molar-refractivity contribution in [2.45, 2.75) is 56.9 Å². The number of sulfonamides is 1. The molecule has 1 amide bonds. The number of rotatable bonds is 9. The normalized spacial score (nSPS) is 18.1. The number of aliphatic imine (C=N–C) groups is 1. The Morgan fingerprint density at radius 3 is 2.57 bits per heavy atom. The van der Waals surface area contributed by atoms with Gasteiger partial charge in [0.1, 0.15) is 5.84 Å². The molecule has 0 saturated heterocycles. The number of fused-ring (bicyclic) bond motifs is 1. The highest BCUT2D eigenvalue weighted by atomic mass is 35.5. The molecule has 0 aromatic heterocycles. The Hall–Kier alpha value is -1.64. The van der Waals surface area contributed by atoms with E-state index in [9.17, 15) is 13.2 Å². The van der Waals surface area contributed by atoms with Gasteiger partial charge in [-0.05, 0) is 37.8 Å². The fourth-order valence-corrected chi connectivity index (χ4v) is 4.08. The maximum absolute atomic E-state index is 12.1. The molecule has 2 rings (SSSR count). The molecule has 0 spiro atoms. The van der Waals surface area contributed by atoms with Crippen LogP contribution >= 0.6 is 12.4 Å². The third-order valence-electron chi connectivity index (χ3n) is 5.12. The summed E-state index contributed by atoms with van der Waals surface area (Å²) < 4.78 is 26.5. The number of amides is 1. The molecule has 0 aliphatic carbocycles. The number of hydrogen-bond acceptors (Lipinski definition) is 5. The Morgan fingerprint density at radius 1 is 1.25 bits per heavy atom. The van der Waals surface area contributed by atoms with Gasteiger partial charge in [0.25, 0.3) is 10.0 Å². The van der Waals surface area contributed by atoms with Gasteiger partial charge in [0.15, 0.2) is 0 Å². The van der Waals surface area contributed by atoms with Gasteiger partial charge in [-0.3, -0.25) is 14.5 Å². The summed E-state index contributed by atoms with van der Waals surface area (Å²) in [7, 11) is -3.48. The van der Waals surface area contributed by atoms with Crippen molar-refractivity contribution in [1.29, 1.82) is 0 Å². The lowest BCUT2D eigenvalue weighted by Crippen LogP contribution is -2.54. The standard InChI is InChI=1S/C19H30N4O3S.ClH/c1-14(2)19(3,13-20)22-17(24)11-5-4-8-12-21-18-15-9-6-7-10-16(15)27(25,26)23-18;/h6-7,9-10,14H,4-5,8,11-13,20H2,1-3H3,(H,21,23)(H,22,24);1H. The van der Waals surface area contributed by atoms with E-state index < -0.39 is 10.0 Å². The molecule has 1 unspecified atom stereocenters. The monoisotopic (exact) mass is 430 g/mol. The third-order valence-corrected chi connectivity index (χ3v) is 6.51. The second kappa shape index (κ2) is 10.2. The van der Waals surface area contributed by atoms with Crippen molar-refractivity contribution in [1.82, 2.24) is 10.0 Å². The first-order valence-corrected chi connectivity index (χ1v) is 10.9. The van der Waals surface area contributed by atoms with E-state index in [2.05, 4.69) is 15.0 Å². The summed E-state index contributed by atoms with van der Waals surface area (Å²) in [5.74, 6) is 0.680. The summed E-state index contributed by atoms with van der Waals surface area (Å²) in [6.07, 6.45) is 2.85. The molecule has 158 valence electrons. The summed E-state index contributed by atoms with van der Waals surface area (Å²) >= 11 is 0. The molecule has 1 heterocycles. The number of halogens is 1. The molecular weight excluding hydrogens is 400 g/mol. The molecule has 0 saturated carbocycles. The maximum atomic E-state index is 12.1. The van der Waals surface area contributed by atoms with Crippen LogP contribution in [0.25, 0.3) is 0 Å². The summed E-state index contributed by atoms with van der Waals surface area (Å²) in [6, 6.07) is 6.81. The third kappa shape index (κ3) is 5.93. The van der Waals surface area contributed by atoms with Gasteiger partial charge in [-0.25, -0.2) is 8.42 Å². The molecule has 1 aromatic carbocycles. The van der Waals surface area contributed by atoms with Gasteiger partial charge in [0, 0.05) is 25.1 Å². The van der Waals surface area contributed by atoms with Crippen molar-refractivity contribution >= 4 is 34.2 Å². The van der Waals surface area contributed by atoms with Gasteiger partial charge in [-0.15, -0.1) is 12.4 Å². The number of nitrogens with two attached hydrogens (primary N) is 1. The molecule has 0 bridgehead atoms. The van der Waals surface area contributed by atoms with E-state index in [0.717, 1.165) is 19.3 Å². The zero-order valence-electron chi connectivity index (χ0n) is 16.7. The average Bonchev–Trinajstić information content (AvgIpc) is 2.88. The molecule has 1 aromatic rings. The largest absolute Gasteiger partial charge is 0.349 e. The Kier molecular flexibility index (Phi) is 8.91. The predicted octanol–water partition coefficient (Wildman–Crippen LogP) is 2.20. The van der Waals surface area contributed by atoms with Crippen LogP contribution in [-0.2, 0) is 14.8 Å². The van der Waals surface area contributed by atoms with Gasteiger partial charge in [0.2, 0.25) is 5.91 Å². The molecule has 0 fully saturated rings. The first kappa shape index (κ1) is 24.4. The van der Waals surface area contributed by atoms with Crippen LogP contribution < -0.4 is 15.8 Å². The highest BCUT2D eigenvalue weighted by Gasteiger charge is 2.30. The molecule has 1 atom stereocenters. The topological polar surface area (TPSA) is 114 Å². The molecule has 7 nitrogen and oxygen atoms in total. The van der Waals surface area contributed by atoms with E-state index in [1.165, 1.54) is 0 Å². The number of carbonyl (C=O) groups is 1. The fourth-order valence-electron chi connectivity index (χ4n) is 2.83. The van der Waals surface area contributed by atoms with Crippen molar-refractivity contribution in [2.75, 3.05) is 13.1 Å². The molecule has 4 N–H and O–H groups in total. The van der Waals surface area contributed by atoms with Crippen LogP contribution in [0.2, 0.25) is 0 Å². The van der Waals surface area contributed by atoms with E-state index in [0.29, 0.717) is 30.9 Å². The Balaban J connectivity index is 0.00000392. The van der Waals surface area contributed by atoms with Gasteiger partial charge in [-0.1, -0.05) is 32.4 Å². The van der Waals surface area contributed by atoms with E-state index in [1.54, 1.807) is 24.3 Å². The summed E-state index contributed by atoms with van der Waals surface area (Å²) in [6.45, 7) is 6.97. The Morgan fingerprint density at radius 2 is 1.93 bits per heavy atom. The summed E-state index contributed by atoms with van der Waals surface area (Å²) in [5.41, 5.74) is 6.02. The minimum absolute atomic E-state index is 0. The predicted molar refractivity (Wildman–Crippen MR) is 114 cm³/mol. The van der Waals surface area contributed by atoms with Gasteiger partial charge in [-0.2, -0.15) is 0 Å². The first-order chi connectivity index (χ1) is 12.7. The second-order valence-corrected chi connectivity index (χ2v) is 9.12. The quantitative estimate of drug-likeness (QED) is 0.521. The first-order valence-electron chi connectivity index (χ1n) is 9.37. The van der Waals surface area contributed by atoms with Crippen LogP contribution in [0.15, 0.2) is 34.2 Å². The molecule has 1 aliphatic rings. The molecule has 9 heteroatoms. The zero-order chi connectivity index (χ0) is 20.1. The van der Waals surface area contributed by atoms with Crippen LogP contribution in [0, 0.1) is 5.92 Å². The number of nitrogens with zero attached hydrogens (tertiary/aromatic N) is 1. The minimum Gasteiger partial charge on any atom is -0.349 e. The number of nitrogens with one attached hydrogen (secondary N) is 2. The SMILES string of the molecule is CC(C)C(C)(CN)NC(=O)CCCCCN=C1NS(=O)(=O)c2ccccc21.Cl. The summed E-state index contributed by atoms with van der Waals surface area (Å²) in [4.78, 5) is 16.8. The molecule has 1 aliphatic heterocycles. The minimum atomic E-state index is -3.48. The van der Waals surface area contributed by atoms with Crippen LogP contribution in [-0.4, -0.2) is 38.8 Å². The van der Waals surface area contributed by atoms with Crippen molar-refractivity contribution in [3.8, 4) is 0 Å². The highest BCUT2D eigenvalue weighted by Crippen LogP contribution is 2.22. The lowest BCUT2D eigenvalue weighted by Gasteiger charge is -2.33. The summed E-state index contributed by atoms with van der Waals surface area (Å²) in [5, 5.41) is 3.03. The molecular formula is C19H31ClN4O3S. The maximum Gasteiger partial charge on any atom is 0.263 e. The Bertz CT molecular complexity index is 811. The number of unbranched alkanes of at least 4 members (excludes halogenated alkanes) is 2. The van der Waals surface area contributed by atoms with Crippen molar-refractivity contribution in [3.05, 3.63) is 29.8 Å². The smallest absolute Gasteiger partial charge is 0.263 e. The van der Waals surface area contributed by atoms with Gasteiger partial charge < -0.3 is 11.1 Å². The second-order valence-electron chi connectivity index (χ2n) is 7.47. The fraction of sp³-hybridized carbons (Fsp3) is 0.579. The molecule has 28 heavy (non-hydrogen) atoms. The van der Waals surface area contributed by atoms with Crippen molar-refractivity contribution in [2.24, 2.45) is 16.6 Å².